The van der Waals surface area contributed by atoms with Gasteiger partial charge in [0.2, 0.25) is 5.91 Å². The first-order chi connectivity index (χ1) is 8.54. The highest BCUT2D eigenvalue weighted by atomic mass is 16.2. The van der Waals surface area contributed by atoms with Crippen LogP contribution in [0.5, 0.6) is 0 Å². The zero-order valence-corrected chi connectivity index (χ0v) is 12.4. The van der Waals surface area contributed by atoms with Gasteiger partial charge in [0.25, 0.3) is 0 Å². The van der Waals surface area contributed by atoms with E-state index in [2.05, 4.69) is 24.1 Å². The molecule has 18 heavy (non-hydrogen) atoms. The van der Waals surface area contributed by atoms with Crippen LogP contribution in [0, 0.1) is 5.92 Å². The first kappa shape index (κ1) is 15.4. The summed E-state index contributed by atoms with van der Waals surface area (Å²) in [6, 6.07) is 0.527. The molecule has 1 heterocycles. The molecule has 1 saturated heterocycles. The predicted octanol–water partition coefficient (Wildman–Crippen LogP) is 1.17. The molecule has 4 nitrogen and oxygen atoms in total. The van der Waals surface area contributed by atoms with Crippen molar-refractivity contribution in [2.75, 3.05) is 40.3 Å². The third-order valence-corrected chi connectivity index (χ3v) is 4.09. The maximum Gasteiger partial charge on any atom is 0.223 e. The number of carbonyl (C=O) groups is 1. The first-order valence-corrected chi connectivity index (χ1v) is 7.20. The van der Waals surface area contributed by atoms with Crippen molar-refractivity contribution in [3.05, 3.63) is 0 Å². The summed E-state index contributed by atoms with van der Waals surface area (Å²) in [5.74, 6) is 0.970. The van der Waals surface area contributed by atoms with Crippen molar-refractivity contribution in [1.29, 1.82) is 0 Å². The Bertz CT molecular complexity index is 247. The SMILES string of the molecule is CCN1CCC(C(C)NCCC(=O)N(C)C)CC1. The molecular formula is C14H29N3O. The lowest BCUT2D eigenvalue weighted by atomic mass is 9.90. The number of amides is 1. The number of nitrogens with zero attached hydrogens (tertiary/aromatic N) is 2. The summed E-state index contributed by atoms with van der Waals surface area (Å²) in [7, 11) is 3.62. The normalized spacial score (nSPS) is 19.8. The van der Waals surface area contributed by atoms with E-state index in [-0.39, 0.29) is 5.91 Å². The Balaban J connectivity index is 2.17. The average Bonchev–Trinajstić information content (AvgIpc) is 2.38. The molecule has 0 aliphatic carbocycles. The molecule has 106 valence electrons. The third kappa shape index (κ3) is 4.94. The second-order valence-electron chi connectivity index (χ2n) is 5.55. The standard InChI is InChI=1S/C14H29N3O/c1-5-17-10-7-13(8-11-17)12(2)15-9-6-14(18)16(3)4/h12-13,15H,5-11H2,1-4H3. The molecule has 1 N–H and O–H groups in total. The summed E-state index contributed by atoms with van der Waals surface area (Å²) in [5, 5.41) is 3.50. The van der Waals surface area contributed by atoms with E-state index in [0.717, 1.165) is 12.5 Å². The van der Waals surface area contributed by atoms with Crippen LogP contribution in [0.4, 0.5) is 0 Å². The van der Waals surface area contributed by atoms with Crippen molar-refractivity contribution < 1.29 is 4.79 Å². The van der Waals surface area contributed by atoms with Gasteiger partial charge >= 0.3 is 0 Å². The monoisotopic (exact) mass is 255 g/mol. The Morgan fingerprint density at radius 2 is 2.00 bits per heavy atom. The minimum absolute atomic E-state index is 0.204. The largest absolute Gasteiger partial charge is 0.349 e. The third-order valence-electron chi connectivity index (χ3n) is 4.09. The van der Waals surface area contributed by atoms with E-state index in [4.69, 9.17) is 0 Å². The fourth-order valence-corrected chi connectivity index (χ4v) is 2.57. The van der Waals surface area contributed by atoms with Crippen LogP contribution < -0.4 is 5.32 Å². The molecule has 1 aliphatic heterocycles. The van der Waals surface area contributed by atoms with Gasteiger partial charge in [-0.3, -0.25) is 4.79 Å². The van der Waals surface area contributed by atoms with Crippen LogP contribution in [-0.2, 0) is 4.79 Å². The van der Waals surface area contributed by atoms with Crippen molar-refractivity contribution in [1.82, 2.24) is 15.1 Å². The lowest BCUT2D eigenvalue weighted by molar-refractivity contribution is -0.128. The Morgan fingerprint density at radius 1 is 1.39 bits per heavy atom. The first-order valence-electron chi connectivity index (χ1n) is 7.20. The molecular weight excluding hydrogens is 226 g/mol. The van der Waals surface area contributed by atoms with Crippen LogP contribution in [0.15, 0.2) is 0 Å². The number of piperidine rings is 1. The van der Waals surface area contributed by atoms with Crippen molar-refractivity contribution in [2.45, 2.75) is 39.2 Å². The van der Waals surface area contributed by atoms with Crippen LogP contribution in [-0.4, -0.2) is 62.0 Å². The molecule has 4 heteroatoms. The second-order valence-corrected chi connectivity index (χ2v) is 5.55. The fourth-order valence-electron chi connectivity index (χ4n) is 2.57. The zero-order chi connectivity index (χ0) is 13.5. The van der Waals surface area contributed by atoms with Crippen molar-refractivity contribution >= 4 is 5.91 Å². The highest BCUT2D eigenvalue weighted by Gasteiger charge is 2.22. The number of hydrogen-bond acceptors (Lipinski definition) is 3. The van der Waals surface area contributed by atoms with E-state index in [1.54, 1.807) is 4.90 Å². The van der Waals surface area contributed by atoms with E-state index in [1.807, 2.05) is 14.1 Å². The summed E-state index contributed by atoms with van der Waals surface area (Å²) in [5.41, 5.74) is 0. The molecule has 0 saturated carbocycles. The Morgan fingerprint density at radius 3 is 2.50 bits per heavy atom. The van der Waals surface area contributed by atoms with E-state index in [9.17, 15) is 4.79 Å². The molecule has 0 radical (unpaired) electrons. The van der Waals surface area contributed by atoms with E-state index in [0.29, 0.717) is 12.5 Å². The summed E-state index contributed by atoms with van der Waals surface area (Å²) < 4.78 is 0. The number of rotatable bonds is 6. The van der Waals surface area contributed by atoms with Gasteiger partial charge in [0.1, 0.15) is 0 Å². The van der Waals surface area contributed by atoms with Gasteiger partial charge in [-0.25, -0.2) is 0 Å². The summed E-state index contributed by atoms with van der Waals surface area (Å²) in [6.07, 6.45) is 3.17. The van der Waals surface area contributed by atoms with Crippen molar-refractivity contribution in [3.63, 3.8) is 0 Å². The molecule has 1 aliphatic rings. The van der Waals surface area contributed by atoms with Gasteiger partial charge in [-0.15, -0.1) is 0 Å². The van der Waals surface area contributed by atoms with Crippen LogP contribution in [0.3, 0.4) is 0 Å². The molecule has 0 spiro atoms. The lowest BCUT2D eigenvalue weighted by Gasteiger charge is -2.34. The quantitative estimate of drug-likeness (QED) is 0.774. The second kappa shape index (κ2) is 7.74. The highest BCUT2D eigenvalue weighted by Crippen LogP contribution is 2.20. The zero-order valence-electron chi connectivity index (χ0n) is 12.4. The van der Waals surface area contributed by atoms with E-state index in [1.165, 1.54) is 32.5 Å². The summed E-state index contributed by atoms with van der Waals surface area (Å²) in [4.78, 5) is 15.6. The van der Waals surface area contributed by atoms with Gasteiger partial charge < -0.3 is 15.1 Å². The van der Waals surface area contributed by atoms with Gasteiger partial charge in [-0.1, -0.05) is 6.92 Å². The van der Waals surface area contributed by atoms with Gasteiger partial charge in [0.15, 0.2) is 0 Å². The maximum absolute atomic E-state index is 11.5. The van der Waals surface area contributed by atoms with E-state index >= 15 is 0 Å². The molecule has 1 atom stereocenters. The summed E-state index contributed by atoms with van der Waals surface area (Å²) in [6.45, 7) is 8.91. The molecule has 1 unspecified atom stereocenters. The molecule has 1 amide bonds. The van der Waals surface area contributed by atoms with E-state index < -0.39 is 0 Å². The number of likely N-dealkylation sites (tertiary alicyclic amines) is 1. The number of nitrogens with one attached hydrogen (secondary N) is 1. The lowest BCUT2D eigenvalue weighted by Crippen LogP contribution is -2.42. The topological polar surface area (TPSA) is 35.6 Å². The maximum atomic E-state index is 11.5. The Hall–Kier alpha value is -0.610. The molecule has 0 bridgehead atoms. The molecule has 1 fully saturated rings. The minimum Gasteiger partial charge on any atom is -0.349 e. The highest BCUT2D eigenvalue weighted by molar-refractivity contribution is 5.75. The average molecular weight is 255 g/mol. The molecule has 0 aromatic heterocycles. The van der Waals surface area contributed by atoms with Crippen molar-refractivity contribution in [2.24, 2.45) is 5.92 Å². The van der Waals surface area contributed by atoms with Gasteiger partial charge in [0.05, 0.1) is 0 Å². The van der Waals surface area contributed by atoms with Gasteiger partial charge in [-0.05, 0) is 45.3 Å². The Kier molecular flexibility index (Phi) is 6.65. The van der Waals surface area contributed by atoms with Gasteiger partial charge in [-0.2, -0.15) is 0 Å². The Labute approximate surface area is 112 Å². The predicted molar refractivity (Wildman–Crippen MR) is 75.6 cm³/mol. The molecule has 1 rings (SSSR count). The summed E-state index contributed by atoms with van der Waals surface area (Å²) >= 11 is 0. The minimum atomic E-state index is 0.204. The molecule has 0 aromatic rings. The fraction of sp³-hybridized carbons (Fsp3) is 0.929. The van der Waals surface area contributed by atoms with Gasteiger partial charge in [0, 0.05) is 33.1 Å². The van der Waals surface area contributed by atoms with Crippen LogP contribution in [0.2, 0.25) is 0 Å². The van der Waals surface area contributed by atoms with Crippen molar-refractivity contribution in [3.8, 4) is 0 Å². The van der Waals surface area contributed by atoms with Crippen LogP contribution in [0.1, 0.15) is 33.1 Å². The smallest absolute Gasteiger partial charge is 0.223 e. The van der Waals surface area contributed by atoms with Crippen LogP contribution >= 0.6 is 0 Å². The molecule has 0 aromatic carbocycles. The number of hydrogen-bond donors (Lipinski definition) is 1. The van der Waals surface area contributed by atoms with Crippen LogP contribution in [0.25, 0.3) is 0 Å². The number of carbonyl (C=O) groups excluding carboxylic acids is 1.